The van der Waals surface area contributed by atoms with Gasteiger partial charge in [-0.1, -0.05) is 6.92 Å². The molecule has 0 unspecified atom stereocenters. The molecular weight excluding hydrogens is 342 g/mol. The first kappa shape index (κ1) is 16.3. The fraction of sp³-hybridized carbons (Fsp3) is 0.455. The minimum atomic E-state index is -3.64. The first-order chi connectivity index (χ1) is 8.85. The second-order valence-corrected chi connectivity index (χ2v) is 6.57. The molecule has 0 saturated heterocycles. The molecule has 0 aliphatic heterocycles. The van der Waals surface area contributed by atoms with Crippen LogP contribution in [-0.2, 0) is 10.0 Å². The van der Waals surface area contributed by atoms with Gasteiger partial charge in [-0.25, -0.2) is 17.2 Å². The van der Waals surface area contributed by atoms with Gasteiger partial charge in [-0.05, 0) is 41.5 Å². The summed E-state index contributed by atoms with van der Waals surface area (Å²) in [6.07, 6.45) is 0.410. The van der Waals surface area contributed by atoms with Crippen LogP contribution in [0.15, 0.2) is 16.6 Å². The zero-order valence-electron chi connectivity index (χ0n) is 10.3. The summed E-state index contributed by atoms with van der Waals surface area (Å²) in [6.45, 7) is 3.23. The van der Waals surface area contributed by atoms with E-state index in [9.17, 15) is 17.2 Å². The van der Waals surface area contributed by atoms with Gasteiger partial charge >= 0.3 is 0 Å². The van der Waals surface area contributed by atoms with Gasteiger partial charge < -0.3 is 5.32 Å². The molecule has 2 N–H and O–H groups in total. The lowest BCUT2D eigenvalue weighted by atomic mass is 10.3. The van der Waals surface area contributed by atoms with Gasteiger partial charge in [0.1, 0.15) is 11.6 Å². The third kappa shape index (κ3) is 5.42. The molecule has 0 atom stereocenters. The Hall–Kier alpha value is -0.730. The summed E-state index contributed by atoms with van der Waals surface area (Å²) in [7, 11) is -3.64. The molecular formula is C11H15BrF2N2O2S. The van der Waals surface area contributed by atoms with Crippen LogP contribution in [0.1, 0.15) is 13.3 Å². The van der Waals surface area contributed by atoms with Crippen molar-refractivity contribution < 1.29 is 17.2 Å². The molecule has 8 heteroatoms. The normalized spacial score (nSPS) is 11.6. The number of anilines is 1. The Kier molecular flexibility index (Phi) is 6.15. The minimum Gasteiger partial charge on any atom is -0.317 e. The molecule has 108 valence electrons. The maximum Gasteiger partial charge on any atom is 0.232 e. The molecule has 1 aromatic carbocycles. The number of sulfonamides is 1. The number of rotatable bonds is 7. The number of halogens is 3. The van der Waals surface area contributed by atoms with Gasteiger partial charge in [0, 0.05) is 6.07 Å². The van der Waals surface area contributed by atoms with Crippen LogP contribution < -0.4 is 10.0 Å². The zero-order chi connectivity index (χ0) is 14.5. The van der Waals surface area contributed by atoms with E-state index in [1.807, 2.05) is 6.92 Å². The van der Waals surface area contributed by atoms with Crippen LogP contribution in [-0.4, -0.2) is 27.3 Å². The van der Waals surface area contributed by atoms with E-state index >= 15 is 0 Å². The van der Waals surface area contributed by atoms with Gasteiger partial charge in [-0.3, -0.25) is 4.72 Å². The van der Waals surface area contributed by atoms with Crippen LogP contribution in [0.25, 0.3) is 0 Å². The van der Waals surface area contributed by atoms with Crippen molar-refractivity contribution in [3.8, 4) is 0 Å². The smallest absolute Gasteiger partial charge is 0.232 e. The maximum absolute atomic E-state index is 13.4. The van der Waals surface area contributed by atoms with Crippen molar-refractivity contribution in [1.29, 1.82) is 0 Å². The van der Waals surface area contributed by atoms with Gasteiger partial charge in [-0.15, -0.1) is 0 Å². The predicted molar refractivity (Wildman–Crippen MR) is 74.6 cm³/mol. The third-order valence-corrected chi connectivity index (χ3v) is 4.26. The van der Waals surface area contributed by atoms with Crippen LogP contribution in [0.4, 0.5) is 14.5 Å². The highest BCUT2D eigenvalue weighted by molar-refractivity contribution is 9.10. The van der Waals surface area contributed by atoms with Crippen LogP contribution in [0.5, 0.6) is 0 Å². The summed E-state index contributed by atoms with van der Waals surface area (Å²) in [5.74, 6) is -1.86. The molecule has 0 bridgehead atoms. The van der Waals surface area contributed by atoms with E-state index in [0.717, 1.165) is 12.6 Å². The first-order valence-electron chi connectivity index (χ1n) is 5.71. The van der Waals surface area contributed by atoms with Crippen molar-refractivity contribution in [2.45, 2.75) is 13.3 Å². The van der Waals surface area contributed by atoms with E-state index in [1.54, 1.807) is 0 Å². The van der Waals surface area contributed by atoms with Gasteiger partial charge in [0.15, 0.2) is 0 Å². The maximum atomic E-state index is 13.4. The molecule has 4 nitrogen and oxygen atoms in total. The number of hydrogen-bond donors (Lipinski definition) is 2. The van der Waals surface area contributed by atoms with E-state index in [0.29, 0.717) is 19.0 Å². The summed E-state index contributed by atoms with van der Waals surface area (Å²) < 4.78 is 51.9. The molecule has 19 heavy (non-hydrogen) atoms. The standard InChI is InChI=1S/C11H15BrF2N2O2S/c1-2-15-4-3-5-19(17,18)16-11-6-8(12)9(13)7-10(11)14/h6-7,15-16H,2-5H2,1H3. The van der Waals surface area contributed by atoms with E-state index in [4.69, 9.17) is 0 Å². The topological polar surface area (TPSA) is 58.2 Å². The number of nitrogens with one attached hydrogen (secondary N) is 2. The lowest BCUT2D eigenvalue weighted by Crippen LogP contribution is -2.22. The Morgan fingerprint density at radius 1 is 1.26 bits per heavy atom. The van der Waals surface area contributed by atoms with Crippen LogP contribution in [0.3, 0.4) is 0 Å². The Balaban J connectivity index is 2.70. The van der Waals surface area contributed by atoms with Gasteiger partial charge in [0.05, 0.1) is 15.9 Å². The first-order valence-corrected chi connectivity index (χ1v) is 8.16. The van der Waals surface area contributed by atoms with Crippen molar-refractivity contribution in [2.75, 3.05) is 23.6 Å². The van der Waals surface area contributed by atoms with Crippen molar-refractivity contribution in [3.05, 3.63) is 28.2 Å². The van der Waals surface area contributed by atoms with Crippen molar-refractivity contribution in [3.63, 3.8) is 0 Å². The highest BCUT2D eigenvalue weighted by Crippen LogP contribution is 2.24. The lowest BCUT2D eigenvalue weighted by Gasteiger charge is -2.10. The van der Waals surface area contributed by atoms with Gasteiger partial charge in [-0.2, -0.15) is 0 Å². The molecule has 1 aromatic rings. The largest absolute Gasteiger partial charge is 0.317 e. The molecule has 0 radical (unpaired) electrons. The molecule has 0 spiro atoms. The molecule has 0 aliphatic carbocycles. The molecule has 0 amide bonds. The van der Waals surface area contributed by atoms with Crippen molar-refractivity contribution in [2.24, 2.45) is 0 Å². The van der Waals surface area contributed by atoms with E-state index in [1.165, 1.54) is 0 Å². The van der Waals surface area contributed by atoms with Crippen LogP contribution >= 0.6 is 15.9 Å². The third-order valence-electron chi connectivity index (χ3n) is 2.29. The minimum absolute atomic E-state index is 0.000695. The van der Waals surface area contributed by atoms with Crippen LogP contribution in [0.2, 0.25) is 0 Å². The van der Waals surface area contributed by atoms with E-state index in [-0.39, 0.29) is 15.9 Å². The quantitative estimate of drug-likeness (QED) is 0.582. The Bertz CT molecular complexity index is 538. The lowest BCUT2D eigenvalue weighted by molar-refractivity contribution is 0.578. The summed E-state index contributed by atoms with van der Waals surface area (Å²) in [6, 6.07) is 1.69. The monoisotopic (exact) mass is 356 g/mol. The highest BCUT2D eigenvalue weighted by Gasteiger charge is 2.15. The number of hydrogen-bond acceptors (Lipinski definition) is 3. The SMILES string of the molecule is CCNCCCS(=O)(=O)Nc1cc(Br)c(F)cc1F. The van der Waals surface area contributed by atoms with Crippen LogP contribution in [0, 0.1) is 11.6 Å². The van der Waals surface area contributed by atoms with Crippen molar-refractivity contribution in [1.82, 2.24) is 5.32 Å². The summed E-state index contributed by atoms with van der Waals surface area (Å²) >= 11 is 2.87. The van der Waals surface area contributed by atoms with Gasteiger partial charge in [0.25, 0.3) is 0 Å². The zero-order valence-corrected chi connectivity index (χ0v) is 12.7. The Morgan fingerprint density at radius 3 is 2.58 bits per heavy atom. The predicted octanol–water partition coefficient (Wildman–Crippen LogP) is 2.47. The second kappa shape index (κ2) is 7.16. The summed E-state index contributed by atoms with van der Waals surface area (Å²) in [4.78, 5) is 0. The Labute approximate surface area is 119 Å². The summed E-state index contributed by atoms with van der Waals surface area (Å²) in [5, 5.41) is 2.99. The fourth-order valence-corrected chi connectivity index (χ4v) is 2.84. The van der Waals surface area contributed by atoms with Gasteiger partial charge in [0.2, 0.25) is 10.0 Å². The van der Waals surface area contributed by atoms with E-state index in [2.05, 4.69) is 26.0 Å². The molecule has 0 aliphatic rings. The molecule has 0 saturated carbocycles. The van der Waals surface area contributed by atoms with E-state index < -0.39 is 21.7 Å². The average molecular weight is 357 g/mol. The number of benzene rings is 1. The summed E-state index contributed by atoms with van der Waals surface area (Å²) in [5.41, 5.74) is -0.267. The van der Waals surface area contributed by atoms with Crippen molar-refractivity contribution >= 4 is 31.6 Å². The molecule has 0 heterocycles. The molecule has 0 aromatic heterocycles. The Morgan fingerprint density at radius 2 is 1.95 bits per heavy atom. The second-order valence-electron chi connectivity index (χ2n) is 3.87. The molecule has 1 rings (SSSR count). The highest BCUT2D eigenvalue weighted by atomic mass is 79.9. The average Bonchev–Trinajstić information content (AvgIpc) is 2.31. The molecule has 0 fully saturated rings. The fourth-order valence-electron chi connectivity index (χ4n) is 1.38.